The summed E-state index contributed by atoms with van der Waals surface area (Å²) in [4.78, 5) is 4.43. The first kappa shape index (κ1) is 16.5. The molecule has 1 heterocycles. The second-order valence-electron chi connectivity index (χ2n) is 5.35. The van der Waals surface area contributed by atoms with Crippen LogP contribution in [0.3, 0.4) is 0 Å². The lowest BCUT2D eigenvalue weighted by atomic mass is 10.2. The van der Waals surface area contributed by atoms with Gasteiger partial charge in [0.1, 0.15) is 11.5 Å². The number of hydrogen-bond donors (Lipinski definition) is 2. The molecule has 2 aromatic carbocycles. The molecule has 0 unspecified atom stereocenters. The van der Waals surface area contributed by atoms with Crippen LogP contribution in [0.1, 0.15) is 5.56 Å². The molecule has 0 fully saturated rings. The number of ether oxygens (including phenoxy) is 2. The number of aryl methyl sites for hydroxylation is 1. The van der Waals surface area contributed by atoms with Crippen LogP contribution in [0.25, 0.3) is 0 Å². The average molecular weight is 337 g/mol. The molecule has 3 aromatic rings. The quantitative estimate of drug-likeness (QED) is 0.710. The minimum atomic E-state index is 0.362. The van der Waals surface area contributed by atoms with Crippen molar-refractivity contribution in [2.24, 2.45) is 0 Å². The molecule has 0 aliphatic heterocycles. The molecular weight excluding hydrogens is 318 g/mol. The Balaban J connectivity index is 1.80. The molecule has 0 saturated carbocycles. The zero-order valence-electron chi connectivity index (χ0n) is 14.3. The molecule has 3 rings (SSSR count). The third-order valence-corrected chi connectivity index (χ3v) is 3.50. The number of nitrogens with zero attached hydrogens (tertiary/aromatic N) is 3. The first-order valence-corrected chi connectivity index (χ1v) is 7.70. The van der Waals surface area contributed by atoms with Gasteiger partial charge in [-0.05, 0) is 36.8 Å². The lowest BCUT2D eigenvalue weighted by molar-refractivity contribution is 0.395. The van der Waals surface area contributed by atoms with Crippen molar-refractivity contribution in [2.45, 2.75) is 6.92 Å². The van der Waals surface area contributed by atoms with Crippen LogP contribution < -0.4 is 20.1 Å². The zero-order valence-corrected chi connectivity index (χ0v) is 14.3. The minimum absolute atomic E-state index is 0.362. The first-order valence-electron chi connectivity index (χ1n) is 7.70. The van der Waals surface area contributed by atoms with Crippen molar-refractivity contribution < 1.29 is 9.47 Å². The second kappa shape index (κ2) is 7.48. The van der Waals surface area contributed by atoms with Gasteiger partial charge in [-0.25, -0.2) is 0 Å². The van der Waals surface area contributed by atoms with Crippen LogP contribution in [0.15, 0.2) is 48.7 Å². The topological polar surface area (TPSA) is 81.2 Å². The molecule has 0 aliphatic rings. The highest BCUT2D eigenvalue weighted by molar-refractivity contribution is 5.65. The van der Waals surface area contributed by atoms with Crippen molar-refractivity contribution in [1.29, 1.82) is 0 Å². The van der Waals surface area contributed by atoms with E-state index in [1.54, 1.807) is 26.5 Å². The zero-order chi connectivity index (χ0) is 17.6. The summed E-state index contributed by atoms with van der Waals surface area (Å²) in [6, 6.07) is 13.5. The van der Waals surface area contributed by atoms with E-state index in [1.165, 1.54) is 0 Å². The van der Waals surface area contributed by atoms with E-state index in [-0.39, 0.29) is 0 Å². The van der Waals surface area contributed by atoms with Crippen LogP contribution in [-0.2, 0) is 0 Å². The van der Waals surface area contributed by atoms with E-state index in [0.717, 1.165) is 16.9 Å². The predicted molar refractivity (Wildman–Crippen MR) is 97.1 cm³/mol. The van der Waals surface area contributed by atoms with Gasteiger partial charge >= 0.3 is 0 Å². The number of methoxy groups -OCH3 is 2. The van der Waals surface area contributed by atoms with E-state index in [0.29, 0.717) is 23.3 Å². The molecule has 1 aromatic heterocycles. The van der Waals surface area contributed by atoms with Gasteiger partial charge in [-0.1, -0.05) is 12.1 Å². The third-order valence-electron chi connectivity index (χ3n) is 3.50. The van der Waals surface area contributed by atoms with Crippen molar-refractivity contribution in [3.8, 4) is 11.5 Å². The summed E-state index contributed by atoms with van der Waals surface area (Å²) in [6.45, 7) is 2.03. The molecule has 7 heteroatoms. The number of hydrogen-bond acceptors (Lipinski definition) is 7. The van der Waals surface area contributed by atoms with Crippen LogP contribution in [0, 0.1) is 6.92 Å². The Kier molecular flexibility index (Phi) is 4.94. The molecule has 0 aliphatic carbocycles. The molecular formula is C18H19N5O2. The molecule has 0 bridgehead atoms. The van der Waals surface area contributed by atoms with Gasteiger partial charge in [0, 0.05) is 11.8 Å². The molecule has 2 N–H and O–H groups in total. The van der Waals surface area contributed by atoms with Crippen LogP contribution in [0.5, 0.6) is 11.5 Å². The Morgan fingerprint density at radius 1 is 0.960 bits per heavy atom. The van der Waals surface area contributed by atoms with E-state index in [2.05, 4.69) is 25.8 Å². The lowest BCUT2D eigenvalue weighted by Crippen LogP contribution is -2.03. The maximum Gasteiger partial charge on any atom is 0.249 e. The van der Waals surface area contributed by atoms with E-state index in [4.69, 9.17) is 9.47 Å². The van der Waals surface area contributed by atoms with Crippen molar-refractivity contribution in [3.63, 3.8) is 0 Å². The van der Waals surface area contributed by atoms with E-state index < -0.39 is 0 Å². The first-order chi connectivity index (χ1) is 12.2. The Bertz CT molecular complexity index is 870. The Labute approximate surface area is 146 Å². The van der Waals surface area contributed by atoms with Crippen LogP contribution in [-0.4, -0.2) is 29.4 Å². The van der Waals surface area contributed by atoms with Gasteiger partial charge in [0.15, 0.2) is 5.82 Å². The second-order valence-corrected chi connectivity index (χ2v) is 5.35. The summed E-state index contributed by atoms with van der Waals surface area (Å²) in [5.74, 6) is 2.29. The minimum Gasteiger partial charge on any atom is -0.497 e. The number of nitrogens with one attached hydrogen (secondary N) is 2. The molecule has 25 heavy (non-hydrogen) atoms. The Hall–Kier alpha value is -3.35. The van der Waals surface area contributed by atoms with Crippen molar-refractivity contribution >= 4 is 23.1 Å². The predicted octanol–water partition coefficient (Wildman–Crippen LogP) is 3.68. The molecule has 0 amide bonds. The SMILES string of the molecule is COc1ccc(Nc2nncc(Nc3cccc(C)c3)n2)c(OC)c1. The fraction of sp³-hybridized carbons (Fsp3) is 0.167. The highest BCUT2D eigenvalue weighted by atomic mass is 16.5. The highest BCUT2D eigenvalue weighted by Gasteiger charge is 2.08. The van der Waals surface area contributed by atoms with E-state index in [9.17, 15) is 0 Å². The van der Waals surface area contributed by atoms with Crippen LogP contribution in [0.4, 0.5) is 23.1 Å². The maximum atomic E-state index is 5.37. The molecule has 128 valence electrons. The molecule has 0 atom stereocenters. The molecule has 0 radical (unpaired) electrons. The van der Waals surface area contributed by atoms with E-state index >= 15 is 0 Å². The summed E-state index contributed by atoms with van der Waals surface area (Å²) in [7, 11) is 3.20. The summed E-state index contributed by atoms with van der Waals surface area (Å²) in [6.07, 6.45) is 1.57. The standard InChI is InChI=1S/C18H19N5O2/c1-12-5-4-6-13(9-12)20-17-11-19-23-18(22-17)21-15-8-7-14(24-2)10-16(15)25-3/h4-11H,1-3H3,(H2,20,21,22,23). The fourth-order valence-electron chi connectivity index (χ4n) is 2.31. The van der Waals surface area contributed by atoms with Gasteiger partial charge in [0.05, 0.1) is 26.1 Å². The van der Waals surface area contributed by atoms with Gasteiger partial charge in [0.2, 0.25) is 5.95 Å². The number of benzene rings is 2. The Morgan fingerprint density at radius 3 is 2.60 bits per heavy atom. The summed E-state index contributed by atoms with van der Waals surface area (Å²) in [5.41, 5.74) is 2.82. The Morgan fingerprint density at radius 2 is 1.84 bits per heavy atom. The van der Waals surface area contributed by atoms with Crippen LogP contribution in [0.2, 0.25) is 0 Å². The molecule has 7 nitrogen and oxygen atoms in total. The van der Waals surface area contributed by atoms with Gasteiger partial charge in [-0.15, -0.1) is 5.10 Å². The molecule has 0 saturated heterocycles. The lowest BCUT2D eigenvalue weighted by Gasteiger charge is -2.12. The molecule has 0 spiro atoms. The summed E-state index contributed by atoms with van der Waals surface area (Å²) < 4.78 is 10.6. The van der Waals surface area contributed by atoms with Crippen molar-refractivity contribution in [2.75, 3.05) is 24.9 Å². The summed E-state index contributed by atoms with van der Waals surface area (Å²) >= 11 is 0. The van der Waals surface area contributed by atoms with Crippen LogP contribution >= 0.6 is 0 Å². The monoisotopic (exact) mass is 337 g/mol. The fourth-order valence-corrected chi connectivity index (χ4v) is 2.31. The summed E-state index contributed by atoms with van der Waals surface area (Å²) in [5, 5.41) is 14.3. The number of aromatic nitrogens is 3. The van der Waals surface area contributed by atoms with Gasteiger partial charge in [-0.2, -0.15) is 10.1 Å². The highest BCUT2D eigenvalue weighted by Crippen LogP contribution is 2.30. The van der Waals surface area contributed by atoms with Gasteiger partial charge in [0.25, 0.3) is 0 Å². The normalized spacial score (nSPS) is 10.2. The van der Waals surface area contributed by atoms with E-state index in [1.807, 2.05) is 43.3 Å². The maximum absolute atomic E-state index is 5.37. The number of anilines is 4. The average Bonchev–Trinajstić information content (AvgIpc) is 2.62. The van der Waals surface area contributed by atoms with Crippen molar-refractivity contribution in [3.05, 3.63) is 54.2 Å². The number of rotatable bonds is 6. The smallest absolute Gasteiger partial charge is 0.249 e. The van der Waals surface area contributed by atoms with Crippen molar-refractivity contribution in [1.82, 2.24) is 15.2 Å². The van der Waals surface area contributed by atoms with Gasteiger partial charge < -0.3 is 20.1 Å². The van der Waals surface area contributed by atoms with Gasteiger partial charge in [-0.3, -0.25) is 0 Å². The largest absolute Gasteiger partial charge is 0.497 e. The third kappa shape index (κ3) is 4.14.